The largest absolute Gasteiger partial charge is 0.478 e. The minimum Gasteiger partial charge on any atom is -0.478 e. The zero-order valence-electron chi connectivity index (χ0n) is 9.33. The van der Waals surface area contributed by atoms with Gasteiger partial charge >= 0.3 is 5.97 Å². The molecule has 1 N–H and O–H groups in total. The minimum atomic E-state index is -1.06. The van der Waals surface area contributed by atoms with E-state index in [1.54, 1.807) is 0 Å². The molecule has 0 saturated carbocycles. The third-order valence-corrected chi connectivity index (χ3v) is 3.34. The quantitative estimate of drug-likeness (QED) is 0.796. The van der Waals surface area contributed by atoms with Gasteiger partial charge in [-0.05, 0) is 12.1 Å². The van der Waals surface area contributed by atoms with E-state index in [1.165, 1.54) is 30.1 Å². The van der Waals surface area contributed by atoms with Crippen LogP contribution < -0.4 is 0 Å². The molecule has 0 radical (unpaired) electrons. The van der Waals surface area contributed by atoms with Gasteiger partial charge in [0, 0.05) is 6.20 Å². The Kier molecular flexibility index (Phi) is 3.61. The summed E-state index contributed by atoms with van der Waals surface area (Å²) in [6.07, 6.45) is 1.35. The Morgan fingerprint density at radius 3 is 2.67 bits per heavy atom. The molecule has 1 aliphatic rings. The van der Waals surface area contributed by atoms with Gasteiger partial charge < -0.3 is 5.11 Å². The summed E-state index contributed by atoms with van der Waals surface area (Å²) in [7, 11) is 0. The molecule has 1 aliphatic heterocycles. The number of aromatic carboxylic acids is 1. The Labute approximate surface area is 107 Å². The van der Waals surface area contributed by atoms with E-state index in [4.69, 9.17) is 5.11 Å². The van der Waals surface area contributed by atoms with E-state index in [0.717, 1.165) is 4.90 Å². The average molecular weight is 266 g/mol. The van der Waals surface area contributed by atoms with E-state index in [9.17, 15) is 14.4 Å². The number of rotatable bonds is 3. The van der Waals surface area contributed by atoms with Crippen molar-refractivity contribution in [1.82, 2.24) is 9.88 Å². The fourth-order valence-corrected chi connectivity index (χ4v) is 2.32. The Morgan fingerprint density at radius 2 is 2.06 bits per heavy atom. The number of carboxylic acid groups (broad SMARTS) is 1. The molecule has 1 aromatic rings. The molecule has 0 unspecified atom stereocenters. The number of carbonyl (C=O) groups excluding carboxylic acids is 2. The van der Waals surface area contributed by atoms with Crippen LogP contribution in [0.25, 0.3) is 0 Å². The Hall–Kier alpha value is -1.89. The molecule has 7 heteroatoms. The van der Waals surface area contributed by atoms with Crippen LogP contribution in [0, 0.1) is 0 Å². The van der Waals surface area contributed by atoms with Crippen LogP contribution in [0.2, 0.25) is 0 Å². The fourth-order valence-electron chi connectivity index (χ4n) is 1.56. The van der Waals surface area contributed by atoms with Gasteiger partial charge in [-0.3, -0.25) is 19.5 Å². The van der Waals surface area contributed by atoms with E-state index in [-0.39, 0.29) is 35.4 Å². The van der Waals surface area contributed by atoms with Crippen LogP contribution in [-0.4, -0.2) is 44.3 Å². The van der Waals surface area contributed by atoms with Gasteiger partial charge in [-0.2, -0.15) is 0 Å². The van der Waals surface area contributed by atoms with E-state index < -0.39 is 5.97 Å². The van der Waals surface area contributed by atoms with E-state index in [2.05, 4.69) is 4.98 Å². The summed E-state index contributed by atoms with van der Waals surface area (Å²) in [6.45, 7) is 0.0271. The van der Waals surface area contributed by atoms with Crippen LogP contribution in [0.3, 0.4) is 0 Å². The standard InChI is InChI=1S/C11H10N2O4S/c14-9-5-18-6-10(15)13(9)4-8-3-7(11(16)17)1-2-12-8/h1-3H,4-6H2,(H,16,17). The number of carbonyl (C=O) groups is 3. The van der Waals surface area contributed by atoms with Gasteiger partial charge in [0.05, 0.1) is 29.3 Å². The third-order valence-electron chi connectivity index (χ3n) is 2.44. The van der Waals surface area contributed by atoms with E-state index in [1.807, 2.05) is 0 Å². The highest BCUT2D eigenvalue weighted by Crippen LogP contribution is 2.15. The lowest BCUT2D eigenvalue weighted by Crippen LogP contribution is -2.42. The maximum Gasteiger partial charge on any atom is 0.335 e. The van der Waals surface area contributed by atoms with Gasteiger partial charge in [0.1, 0.15) is 0 Å². The number of pyridine rings is 1. The zero-order chi connectivity index (χ0) is 13.1. The third kappa shape index (κ3) is 2.67. The number of hydrogen-bond acceptors (Lipinski definition) is 5. The highest BCUT2D eigenvalue weighted by molar-refractivity contribution is 8.00. The van der Waals surface area contributed by atoms with Crippen LogP contribution in [0.5, 0.6) is 0 Å². The van der Waals surface area contributed by atoms with Crippen molar-refractivity contribution in [2.24, 2.45) is 0 Å². The first-order valence-electron chi connectivity index (χ1n) is 5.17. The summed E-state index contributed by atoms with van der Waals surface area (Å²) >= 11 is 1.28. The molecule has 1 aromatic heterocycles. The summed E-state index contributed by atoms with van der Waals surface area (Å²) in [4.78, 5) is 39.0. The topological polar surface area (TPSA) is 87.6 Å². The van der Waals surface area contributed by atoms with Crippen molar-refractivity contribution in [3.8, 4) is 0 Å². The molecule has 18 heavy (non-hydrogen) atoms. The van der Waals surface area contributed by atoms with Crippen molar-refractivity contribution in [2.45, 2.75) is 6.54 Å². The number of nitrogens with zero attached hydrogens (tertiary/aromatic N) is 2. The second-order valence-corrected chi connectivity index (χ2v) is 4.69. The maximum atomic E-state index is 11.6. The maximum absolute atomic E-state index is 11.6. The molecule has 2 rings (SSSR count). The lowest BCUT2D eigenvalue weighted by Gasteiger charge is -2.24. The lowest BCUT2D eigenvalue weighted by atomic mass is 10.2. The Bertz CT molecular complexity index is 502. The number of amides is 2. The number of carboxylic acids is 1. The molecule has 2 amide bonds. The van der Waals surface area contributed by atoms with Gasteiger partial charge in [-0.25, -0.2) is 4.79 Å². The van der Waals surface area contributed by atoms with Gasteiger partial charge in [0.15, 0.2) is 0 Å². The molecular formula is C11H10N2O4S. The molecule has 0 atom stereocenters. The molecule has 0 aliphatic carbocycles. The van der Waals surface area contributed by atoms with Crippen molar-refractivity contribution in [1.29, 1.82) is 0 Å². The van der Waals surface area contributed by atoms with Crippen LogP contribution in [-0.2, 0) is 16.1 Å². The van der Waals surface area contributed by atoms with E-state index in [0.29, 0.717) is 5.69 Å². The number of thioether (sulfide) groups is 1. The van der Waals surface area contributed by atoms with Crippen molar-refractivity contribution in [3.63, 3.8) is 0 Å². The molecule has 1 fully saturated rings. The first-order valence-corrected chi connectivity index (χ1v) is 6.32. The second kappa shape index (κ2) is 5.18. The summed E-state index contributed by atoms with van der Waals surface area (Å²) in [5.41, 5.74) is 0.481. The molecule has 94 valence electrons. The van der Waals surface area contributed by atoms with Crippen molar-refractivity contribution in [3.05, 3.63) is 29.6 Å². The zero-order valence-corrected chi connectivity index (χ0v) is 10.1. The Morgan fingerprint density at radius 1 is 1.39 bits per heavy atom. The van der Waals surface area contributed by atoms with Crippen LogP contribution in [0.1, 0.15) is 16.1 Å². The highest BCUT2D eigenvalue weighted by atomic mass is 32.2. The molecule has 0 bridgehead atoms. The van der Waals surface area contributed by atoms with Crippen LogP contribution in [0.15, 0.2) is 18.3 Å². The minimum absolute atomic E-state index is 0.0271. The highest BCUT2D eigenvalue weighted by Gasteiger charge is 2.26. The van der Waals surface area contributed by atoms with Gasteiger partial charge in [0.2, 0.25) is 11.8 Å². The number of hydrogen-bond donors (Lipinski definition) is 1. The first-order chi connectivity index (χ1) is 8.58. The molecule has 1 saturated heterocycles. The molecule has 2 heterocycles. The SMILES string of the molecule is O=C(O)c1ccnc(CN2C(=O)CSCC2=O)c1. The van der Waals surface area contributed by atoms with E-state index >= 15 is 0 Å². The van der Waals surface area contributed by atoms with Crippen molar-refractivity contribution < 1.29 is 19.5 Å². The van der Waals surface area contributed by atoms with Crippen molar-refractivity contribution in [2.75, 3.05) is 11.5 Å². The summed E-state index contributed by atoms with van der Waals surface area (Å²) in [5.74, 6) is -1.06. The molecule has 0 spiro atoms. The van der Waals surface area contributed by atoms with Crippen molar-refractivity contribution >= 4 is 29.5 Å². The van der Waals surface area contributed by atoms with Gasteiger partial charge in [-0.15, -0.1) is 11.8 Å². The summed E-state index contributed by atoms with van der Waals surface area (Å²) in [6, 6.07) is 2.73. The normalized spacial score (nSPS) is 15.9. The second-order valence-electron chi connectivity index (χ2n) is 3.71. The molecular weight excluding hydrogens is 256 g/mol. The molecule has 6 nitrogen and oxygen atoms in total. The van der Waals surface area contributed by atoms with Crippen LogP contribution in [0.4, 0.5) is 0 Å². The fraction of sp³-hybridized carbons (Fsp3) is 0.273. The predicted molar refractivity (Wildman–Crippen MR) is 64.1 cm³/mol. The lowest BCUT2D eigenvalue weighted by molar-refractivity contribution is -0.142. The number of aromatic nitrogens is 1. The Balaban J connectivity index is 2.17. The first kappa shape index (κ1) is 12.6. The average Bonchev–Trinajstić information content (AvgIpc) is 2.34. The smallest absolute Gasteiger partial charge is 0.335 e. The number of imide groups is 1. The van der Waals surface area contributed by atoms with Gasteiger partial charge in [-0.1, -0.05) is 0 Å². The summed E-state index contributed by atoms with van der Waals surface area (Å²) < 4.78 is 0. The van der Waals surface area contributed by atoms with Crippen LogP contribution >= 0.6 is 11.8 Å². The monoisotopic (exact) mass is 266 g/mol. The van der Waals surface area contributed by atoms with Gasteiger partial charge in [0.25, 0.3) is 0 Å². The molecule has 0 aromatic carbocycles. The summed E-state index contributed by atoms with van der Waals surface area (Å²) in [5, 5.41) is 8.84. The predicted octanol–water partition coefficient (Wildman–Crippen LogP) is 0.382.